The van der Waals surface area contributed by atoms with Gasteiger partial charge in [-0.2, -0.15) is 0 Å². The van der Waals surface area contributed by atoms with Gasteiger partial charge < -0.3 is 19.5 Å². The fourth-order valence-electron chi connectivity index (χ4n) is 4.91. The molecule has 1 amide bonds. The molecule has 1 aromatic heterocycles. The molecule has 0 aliphatic carbocycles. The van der Waals surface area contributed by atoms with Gasteiger partial charge >= 0.3 is 0 Å². The molecule has 3 aromatic carbocycles. The number of fused-ring (bicyclic) bond motifs is 1. The van der Waals surface area contributed by atoms with Crippen LogP contribution in [-0.4, -0.2) is 35.7 Å². The first-order valence-corrected chi connectivity index (χ1v) is 12.3. The fourth-order valence-corrected chi connectivity index (χ4v) is 4.91. The third-order valence-corrected chi connectivity index (χ3v) is 6.81. The lowest BCUT2D eigenvalue weighted by atomic mass is 9.96. The number of hydrogen-bond acceptors (Lipinski definition) is 4. The lowest BCUT2D eigenvalue weighted by Gasteiger charge is -2.32. The third-order valence-electron chi connectivity index (χ3n) is 6.81. The van der Waals surface area contributed by atoms with Crippen LogP contribution in [0.5, 0.6) is 5.75 Å². The molecule has 5 rings (SSSR count). The van der Waals surface area contributed by atoms with Crippen molar-refractivity contribution in [3.05, 3.63) is 89.5 Å². The Bertz CT molecular complexity index is 1320. The van der Waals surface area contributed by atoms with Gasteiger partial charge in [-0.3, -0.25) is 4.79 Å². The van der Waals surface area contributed by atoms with Gasteiger partial charge in [-0.25, -0.2) is 4.98 Å². The number of rotatable bonds is 7. The summed E-state index contributed by atoms with van der Waals surface area (Å²) in [6.07, 6.45) is 1.63. The number of piperidine rings is 1. The molecule has 0 atom stereocenters. The van der Waals surface area contributed by atoms with Gasteiger partial charge in [-0.15, -0.1) is 0 Å². The number of aryl methyl sites for hydroxylation is 1. The Morgan fingerprint density at radius 2 is 1.77 bits per heavy atom. The molecule has 6 heteroatoms. The molecule has 0 saturated carbocycles. The number of benzene rings is 3. The zero-order valence-corrected chi connectivity index (χ0v) is 20.4. The highest BCUT2D eigenvalue weighted by atomic mass is 16.5. The minimum Gasteiger partial charge on any atom is -0.497 e. The van der Waals surface area contributed by atoms with E-state index in [4.69, 9.17) is 9.72 Å². The topological polar surface area (TPSA) is 59.4 Å². The molecule has 0 unspecified atom stereocenters. The third kappa shape index (κ3) is 5.16. The molecular weight excluding hydrogens is 436 g/mol. The van der Waals surface area contributed by atoms with Crippen molar-refractivity contribution in [3.63, 3.8) is 0 Å². The van der Waals surface area contributed by atoms with Crippen molar-refractivity contribution in [2.24, 2.45) is 5.92 Å². The van der Waals surface area contributed by atoms with Gasteiger partial charge in [0, 0.05) is 25.6 Å². The predicted molar refractivity (Wildman–Crippen MR) is 140 cm³/mol. The second-order valence-corrected chi connectivity index (χ2v) is 9.31. The number of amides is 1. The van der Waals surface area contributed by atoms with E-state index in [-0.39, 0.29) is 11.8 Å². The number of para-hydroxylation sites is 2. The van der Waals surface area contributed by atoms with Crippen molar-refractivity contribution in [2.45, 2.75) is 32.9 Å². The summed E-state index contributed by atoms with van der Waals surface area (Å²) in [4.78, 5) is 20.2. The van der Waals surface area contributed by atoms with E-state index >= 15 is 0 Å². The normalized spacial score (nSPS) is 14.3. The van der Waals surface area contributed by atoms with Crippen molar-refractivity contribution < 1.29 is 9.53 Å². The summed E-state index contributed by atoms with van der Waals surface area (Å²) in [6.45, 7) is 5.05. The van der Waals surface area contributed by atoms with Crippen molar-refractivity contribution in [2.75, 3.05) is 25.1 Å². The molecule has 0 spiro atoms. The fraction of sp³-hybridized carbons (Fsp3) is 0.310. The first-order valence-electron chi connectivity index (χ1n) is 12.3. The van der Waals surface area contributed by atoms with Crippen molar-refractivity contribution in [1.82, 2.24) is 14.9 Å². The van der Waals surface area contributed by atoms with Crippen molar-refractivity contribution in [1.29, 1.82) is 0 Å². The molecule has 0 bridgehead atoms. The molecule has 180 valence electrons. The average Bonchev–Trinajstić information content (AvgIpc) is 3.26. The van der Waals surface area contributed by atoms with Gasteiger partial charge in [0.2, 0.25) is 11.9 Å². The summed E-state index contributed by atoms with van der Waals surface area (Å²) >= 11 is 0. The van der Waals surface area contributed by atoms with Gasteiger partial charge in [0.15, 0.2) is 0 Å². The highest BCUT2D eigenvalue weighted by molar-refractivity contribution is 5.80. The van der Waals surface area contributed by atoms with Gasteiger partial charge in [-0.1, -0.05) is 54.1 Å². The maximum absolute atomic E-state index is 12.9. The van der Waals surface area contributed by atoms with Crippen LogP contribution >= 0.6 is 0 Å². The first kappa shape index (κ1) is 23.0. The molecule has 1 fully saturated rings. The number of hydrogen-bond donors (Lipinski definition) is 1. The van der Waals surface area contributed by atoms with Crippen LogP contribution in [0.15, 0.2) is 72.8 Å². The first-order chi connectivity index (χ1) is 17.1. The summed E-state index contributed by atoms with van der Waals surface area (Å²) in [7, 11) is 1.65. The SMILES string of the molecule is COc1cccc(CNC(=O)C2CCN(c3nc4ccccc4n3Cc3cccc(C)c3)CC2)c1. The van der Waals surface area contributed by atoms with Crippen molar-refractivity contribution >= 4 is 22.9 Å². The largest absolute Gasteiger partial charge is 0.497 e. The Hall–Kier alpha value is -3.80. The minimum atomic E-state index is 0.0199. The molecule has 0 radical (unpaired) electrons. The predicted octanol–water partition coefficient (Wildman–Crippen LogP) is 4.93. The molecular formula is C29H32N4O2. The summed E-state index contributed by atoms with van der Waals surface area (Å²) < 4.78 is 7.59. The Morgan fingerprint density at radius 3 is 2.57 bits per heavy atom. The molecule has 1 aliphatic rings. The van der Waals surface area contributed by atoms with Gasteiger partial charge in [-0.05, 0) is 55.2 Å². The smallest absolute Gasteiger partial charge is 0.223 e. The number of aromatic nitrogens is 2. The van der Waals surface area contributed by atoms with Crippen LogP contribution in [0.25, 0.3) is 11.0 Å². The van der Waals surface area contributed by atoms with E-state index in [0.29, 0.717) is 6.54 Å². The monoisotopic (exact) mass is 468 g/mol. The Morgan fingerprint density at radius 1 is 1.00 bits per heavy atom. The van der Waals surface area contributed by atoms with Crippen LogP contribution in [0.2, 0.25) is 0 Å². The second kappa shape index (κ2) is 10.2. The van der Waals surface area contributed by atoms with Crippen LogP contribution in [0.4, 0.5) is 5.95 Å². The molecule has 1 aliphatic heterocycles. The number of methoxy groups -OCH3 is 1. The van der Waals surface area contributed by atoms with Gasteiger partial charge in [0.05, 0.1) is 24.7 Å². The summed E-state index contributed by atoms with van der Waals surface area (Å²) in [5, 5.41) is 3.11. The molecule has 1 saturated heterocycles. The van der Waals surface area contributed by atoms with Crippen molar-refractivity contribution in [3.8, 4) is 5.75 Å². The number of carbonyl (C=O) groups is 1. The van der Waals surface area contributed by atoms with Crippen LogP contribution in [0.3, 0.4) is 0 Å². The number of ether oxygens (including phenoxy) is 1. The number of carbonyl (C=O) groups excluding carboxylic acids is 1. The lowest BCUT2D eigenvalue weighted by molar-refractivity contribution is -0.125. The standard InChI is InChI=1S/C29H32N4O2/c1-21-7-5-9-23(17-21)20-33-27-12-4-3-11-26(27)31-29(33)32-15-13-24(14-16-32)28(34)30-19-22-8-6-10-25(18-22)35-2/h3-12,17-18,24H,13-16,19-20H2,1-2H3,(H,30,34). The lowest BCUT2D eigenvalue weighted by Crippen LogP contribution is -2.41. The average molecular weight is 469 g/mol. The number of imidazole rings is 1. The molecule has 1 N–H and O–H groups in total. The second-order valence-electron chi connectivity index (χ2n) is 9.31. The summed E-state index contributed by atoms with van der Waals surface area (Å²) in [5.41, 5.74) is 5.71. The maximum Gasteiger partial charge on any atom is 0.223 e. The quantitative estimate of drug-likeness (QED) is 0.418. The Labute approximate surface area is 206 Å². The maximum atomic E-state index is 12.9. The van der Waals surface area contributed by atoms with Gasteiger partial charge in [0.25, 0.3) is 0 Å². The van der Waals surface area contributed by atoms with Crippen LogP contribution < -0.4 is 15.0 Å². The summed E-state index contributed by atoms with van der Waals surface area (Å²) in [6, 6.07) is 24.8. The Balaban J connectivity index is 1.27. The van der Waals surface area contributed by atoms with Crippen LogP contribution in [-0.2, 0) is 17.9 Å². The van der Waals surface area contributed by atoms with E-state index in [2.05, 4.69) is 64.2 Å². The zero-order chi connectivity index (χ0) is 24.2. The van der Waals surface area contributed by atoms with Crippen LogP contribution in [0, 0.1) is 12.8 Å². The molecule has 4 aromatic rings. The number of nitrogens with one attached hydrogen (secondary N) is 1. The molecule has 2 heterocycles. The minimum absolute atomic E-state index is 0.0199. The van der Waals surface area contributed by atoms with E-state index in [9.17, 15) is 4.79 Å². The van der Waals surface area contributed by atoms with E-state index in [0.717, 1.165) is 60.8 Å². The molecule has 6 nitrogen and oxygen atoms in total. The molecule has 35 heavy (non-hydrogen) atoms. The van der Waals surface area contributed by atoms with Gasteiger partial charge in [0.1, 0.15) is 5.75 Å². The van der Waals surface area contributed by atoms with E-state index < -0.39 is 0 Å². The van der Waals surface area contributed by atoms with E-state index in [1.54, 1.807) is 7.11 Å². The highest BCUT2D eigenvalue weighted by Gasteiger charge is 2.27. The van der Waals surface area contributed by atoms with E-state index in [1.165, 1.54) is 11.1 Å². The van der Waals surface area contributed by atoms with E-state index in [1.807, 2.05) is 30.3 Å². The number of nitrogens with zero attached hydrogens (tertiary/aromatic N) is 3. The highest BCUT2D eigenvalue weighted by Crippen LogP contribution is 2.28. The zero-order valence-electron chi connectivity index (χ0n) is 20.4. The summed E-state index contributed by atoms with van der Waals surface area (Å²) in [5.74, 6) is 1.94. The number of anilines is 1. The Kier molecular flexibility index (Phi) is 6.70. The van der Waals surface area contributed by atoms with Crippen LogP contribution in [0.1, 0.15) is 29.5 Å².